The summed E-state index contributed by atoms with van der Waals surface area (Å²) in [4.78, 5) is -1.57. The number of aryl methyl sites for hydroxylation is 1. The molecule has 74 heavy (non-hydrogen) atoms. The van der Waals surface area contributed by atoms with Gasteiger partial charge in [-0.1, -0.05) is 42.5 Å². The summed E-state index contributed by atoms with van der Waals surface area (Å²) in [6.45, 7) is 1.70. The van der Waals surface area contributed by atoms with E-state index >= 15 is 0 Å². The summed E-state index contributed by atoms with van der Waals surface area (Å²) in [5, 5.41) is 26.0. The zero-order valence-corrected chi connectivity index (χ0v) is 53.4. The van der Waals surface area contributed by atoms with E-state index in [1.165, 1.54) is 41.2 Å². The van der Waals surface area contributed by atoms with Crippen molar-refractivity contribution in [2.75, 3.05) is 0 Å². The molecule has 0 aliphatic carbocycles. The van der Waals surface area contributed by atoms with E-state index in [0.717, 1.165) is 59.4 Å². The monoisotopic (exact) mass is 1140 g/mol. The van der Waals surface area contributed by atoms with E-state index in [2.05, 4.69) is 30.6 Å². The molecule has 7 aromatic carbocycles. The quantitative estimate of drug-likeness (QED) is 0.0502. The molecule has 0 bridgehead atoms. The molecule has 0 unspecified atom stereocenters. The molecule has 0 aliphatic rings. The van der Waals surface area contributed by atoms with Crippen LogP contribution in [-0.2, 0) is 50.6 Å². The van der Waals surface area contributed by atoms with Crippen LogP contribution in [0.2, 0.25) is 0 Å². The second-order valence-electron chi connectivity index (χ2n) is 15.0. The smallest absolute Gasteiger partial charge is 0.744 e. The molecule has 0 saturated heterocycles. The van der Waals surface area contributed by atoms with Gasteiger partial charge in [-0.25, -0.2) is 42.1 Å². The van der Waals surface area contributed by atoms with Gasteiger partial charge in [-0.2, -0.15) is 19.8 Å². The zero-order valence-electron chi connectivity index (χ0n) is 39.3. The van der Waals surface area contributed by atoms with Crippen molar-refractivity contribution in [2.45, 2.75) is 31.4 Å². The molecule has 352 valence electrons. The molecule has 0 amide bonds. The molecule has 0 aliphatic heterocycles. The summed E-state index contributed by atoms with van der Waals surface area (Å²) in [6, 6.07) is 21.9. The summed E-state index contributed by atoms with van der Waals surface area (Å²) < 4.78 is 181. The van der Waals surface area contributed by atoms with Crippen LogP contribution >= 0.6 is 0 Å². The van der Waals surface area contributed by atoms with Crippen molar-refractivity contribution in [1.82, 2.24) is 30.0 Å². The van der Waals surface area contributed by atoms with Gasteiger partial charge in [0.2, 0.25) is 0 Å². The van der Waals surface area contributed by atoms with Gasteiger partial charge in [0.25, 0.3) is 0 Å². The van der Waals surface area contributed by atoms with Gasteiger partial charge < -0.3 is 22.8 Å². The molecule has 23 nitrogen and oxygen atoms in total. The summed E-state index contributed by atoms with van der Waals surface area (Å²) in [5.41, 5.74) is 0.985. The maximum Gasteiger partial charge on any atom is 1.00 e. The van der Waals surface area contributed by atoms with Gasteiger partial charge in [-0.05, 0) is 108 Å². The Morgan fingerprint density at radius 3 is 1.50 bits per heavy atom. The Kier molecular flexibility index (Phi) is 20.8. The van der Waals surface area contributed by atoms with Crippen LogP contribution in [0.25, 0.3) is 67.1 Å². The largest absolute Gasteiger partial charge is 1.00 e. The van der Waals surface area contributed by atoms with Crippen molar-refractivity contribution in [3.8, 4) is 11.4 Å². The Labute approximate surface area is 531 Å². The number of benzene rings is 7. The van der Waals surface area contributed by atoms with Gasteiger partial charge in [0.15, 0.2) is 0 Å². The minimum absolute atomic E-state index is 0. The Morgan fingerprint density at radius 1 is 0.432 bits per heavy atom. The Bertz CT molecular complexity index is 4390. The number of hydrogen-bond acceptors (Lipinski definition) is 21. The molecule has 2 heterocycles. The van der Waals surface area contributed by atoms with E-state index in [0.29, 0.717) is 38.7 Å². The number of fused-ring (bicyclic) bond motifs is 6. The molecule has 0 spiro atoms. The minimum atomic E-state index is -5.34. The van der Waals surface area contributed by atoms with Crippen LogP contribution in [0.5, 0.6) is 0 Å². The van der Waals surface area contributed by atoms with E-state index in [1.807, 2.05) is 0 Å². The van der Waals surface area contributed by atoms with Crippen molar-refractivity contribution in [3.63, 3.8) is 0 Å². The van der Waals surface area contributed by atoms with Gasteiger partial charge in [0.05, 0.1) is 47.2 Å². The van der Waals surface area contributed by atoms with E-state index in [-0.39, 0.29) is 197 Å². The van der Waals surface area contributed by atoms with Gasteiger partial charge in [0.1, 0.15) is 72.7 Å². The van der Waals surface area contributed by atoms with E-state index in [9.17, 15) is 64.9 Å². The standard InChI is InChI=1S/C41H28N8O15S5.5Na/c1-22-16-27(48-44-35-14-6-25-17-29(65(50,51)52)10-12-31(25)40(35)46-48)9-15-34(22)43-42-26-7-4-23(37(18-26)67(56,57)58)2-3-24-5-8-28(19-38(24)68(59,60)61)49-45-36-21-39(69(62,63)64)32-13-11-30(66(53,54)55)20-33(32)41(36)47-49;;;;;/h2-21H,1H3,(H,50,51,52)(H,53,54,55)(H,56,57,58)(H,59,60,61)(H,62,63,64);;;;;/q;5*+1/p-5/b3-2+,43-42?;;;;;. The van der Waals surface area contributed by atoms with Gasteiger partial charge >= 0.3 is 148 Å². The number of nitrogens with zero attached hydrogens (tertiary/aromatic N) is 8. The molecule has 9 rings (SSSR count). The molecule has 0 saturated carbocycles. The fourth-order valence-electron chi connectivity index (χ4n) is 7.29. The molecule has 0 N–H and O–H groups in total. The van der Waals surface area contributed by atoms with Crippen LogP contribution in [0.1, 0.15) is 16.7 Å². The summed E-state index contributed by atoms with van der Waals surface area (Å²) in [6.07, 6.45) is 2.10. The fourth-order valence-corrected chi connectivity index (χ4v) is 10.4. The SMILES string of the molecule is Cc1cc(-n2nc3ccc4cc(S(=O)(=O)[O-])ccc4c3n2)ccc1N=Nc1ccc(/C=C/c2ccc(-n3nc4cc(S(=O)(=O)[O-])c5ccc(S(=O)(=O)[O-])cc5c4n3)cc2S(=O)(=O)[O-])c(S(=O)(=O)[O-])c1.[Na+].[Na+].[Na+].[Na+].[Na+]. The first-order valence-corrected chi connectivity index (χ1v) is 26.2. The van der Waals surface area contributed by atoms with E-state index < -0.39 is 70.2 Å². The van der Waals surface area contributed by atoms with E-state index in [1.54, 1.807) is 37.3 Å². The maximum atomic E-state index is 12.5. The average molecular weight is 1140 g/mol. The Hall–Kier alpha value is -2.25. The molecule has 0 radical (unpaired) electrons. The normalized spacial score (nSPS) is 12.4. The van der Waals surface area contributed by atoms with Crippen molar-refractivity contribution in [2.24, 2.45) is 10.2 Å². The third-order valence-electron chi connectivity index (χ3n) is 10.5. The molecule has 0 atom stereocenters. The summed E-state index contributed by atoms with van der Waals surface area (Å²) in [5.74, 6) is 0. The maximum absolute atomic E-state index is 12.5. The Morgan fingerprint density at radius 2 is 0.932 bits per heavy atom. The predicted molar refractivity (Wildman–Crippen MR) is 237 cm³/mol. The Balaban J connectivity index is 0.00000237. The molecule has 2 aromatic heterocycles. The van der Waals surface area contributed by atoms with Crippen molar-refractivity contribution in [3.05, 3.63) is 126 Å². The van der Waals surface area contributed by atoms with Crippen LogP contribution in [-0.4, -0.2) is 94.8 Å². The topological polar surface area (TPSA) is 372 Å². The first-order chi connectivity index (χ1) is 32.2. The summed E-state index contributed by atoms with van der Waals surface area (Å²) >= 11 is 0. The number of aromatic nitrogens is 6. The second-order valence-corrected chi connectivity index (χ2v) is 21.8. The van der Waals surface area contributed by atoms with Crippen LogP contribution in [0.4, 0.5) is 11.4 Å². The van der Waals surface area contributed by atoms with Crippen molar-refractivity contribution >= 4 is 118 Å². The van der Waals surface area contributed by atoms with Gasteiger partial charge in [-0.3, -0.25) is 0 Å². The molecule has 9 aromatic rings. The third-order valence-corrected chi connectivity index (χ3v) is 14.8. The first kappa shape index (κ1) is 64.3. The van der Waals surface area contributed by atoms with Crippen molar-refractivity contribution in [1.29, 1.82) is 0 Å². The third kappa shape index (κ3) is 13.6. The van der Waals surface area contributed by atoms with Crippen LogP contribution < -0.4 is 148 Å². The molecular formula is C41H23N8Na5O15S5. The molecule has 33 heteroatoms. The number of hydrogen-bond donors (Lipinski definition) is 0. The first-order valence-electron chi connectivity index (χ1n) is 19.1. The molecule has 0 fully saturated rings. The number of rotatable bonds is 11. The van der Waals surface area contributed by atoms with E-state index in [4.69, 9.17) is 0 Å². The van der Waals surface area contributed by atoms with Gasteiger partial charge in [0, 0.05) is 16.2 Å². The van der Waals surface area contributed by atoms with Crippen LogP contribution in [0.3, 0.4) is 0 Å². The fraction of sp³-hybridized carbons (Fsp3) is 0.0244. The van der Waals surface area contributed by atoms with Crippen LogP contribution in [0.15, 0.2) is 144 Å². The van der Waals surface area contributed by atoms with Gasteiger partial charge in [-0.15, -0.1) is 20.4 Å². The zero-order chi connectivity index (χ0) is 49.6. The number of azo groups is 1. The van der Waals surface area contributed by atoms with Crippen molar-refractivity contribution < 1.29 is 213 Å². The summed E-state index contributed by atoms with van der Waals surface area (Å²) in [7, 11) is -25.5. The van der Waals surface area contributed by atoms with Crippen LogP contribution in [0, 0.1) is 6.92 Å². The predicted octanol–water partition coefficient (Wildman–Crippen LogP) is -10.1. The second kappa shape index (κ2) is 24.0. The average Bonchev–Trinajstić information content (AvgIpc) is 3.92. The minimum Gasteiger partial charge on any atom is -0.744 e. The molecular weight excluding hydrogens is 1120 g/mol.